The Balaban J connectivity index is 2.33. The molecular formula is C29H45NO3S. The average Bonchev–Trinajstić information content (AvgIpc) is 3.18. The van der Waals surface area contributed by atoms with Gasteiger partial charge in [-0.05, 0) is 63.0 Å². The molecule has 0 amide bonds. The van der Waals surface area contributed by atoms with Crippen molar-refractivity contribution >= 4 is 29.2 Å². The van der Waals surface area contributed by atoms with Crippen molar-refractivity contribution < 1.29 is 14.3 Å². The number of thiazole rings is 1. The lowest BCUT2D eigenvalue weighted by Crippen LogP contribution is -2.40. The van der Waals surface area contributed by atoms with Crippen LogP contribution in [0.1, 0.15) is 98.2 Å². The standard InChI is InChI=1S/C29H45NO3S/c1-18-11-10-12-19(2)22(5)23(6)28(32)29(8,9)21(4)16-27(31)33-26(14-13-18)20(3)15-25-17-34-24(7)30-25/h13,15,17,19,21-23,26H,10-12,14,16H2,1-9H3/b18-13-,20-15+/t19-,21?,22-,23+,26-/m0/s1. The monoisotopic (exact) mass is 487 g/mol. The molecule has 0 fully saturated rings. The van der Waals surface area contributed by atoms with E-state index < -0.39 is 5.41 Å². The molecule has 1 aliphatic heterocycles. The lowest BCUT2D eigenvalue weighted by atomic mass is 9.67. The molecule has 1 aliphatic rings. The molecule has 34 heavy (non-hydrogen) atoms. The van der Waals surface area contributed by atoms with Crippen LogP contribution in [0.3, 0.4) is 0 Å². The summed E-state index contributed by atoms with van der Waals surface area (Å²) in [7, 11) is 0. The highest BCUT2D eigenvalue weighted by Crippen LogP contribution is 2.37. The van der Waals surface area contributed by atoms with Crippen LogP contribution in [0.4, 0.5) is 0 Å². The highest BCUT2D eigenvalue weighted by Gasteiger charge is 2.40. The maximum atomic E-state index is 13.5. The van der Waals surface area contributed by atoms with Gasteiger partial charge in [0, 0.05) is 29.6 Å². The first-order valence-corrected chi connectivity index (χ1v) is 13.7. The van der Waals surface area contributed by atoms with Gasteiger partial charge in [-0.15, -0.1) is 11.3 Å². The third-order valence-corrected chi connectivity index (χ3v) is 8.94. The highest BCUT2D eigenvalue weighted by atomic mass is 32.1. The van der Waals surface area contributed by atoms with Crippen LogP contribution in [0.15, 0.2) is 22.6 Å². The van der Waals surface area contributed by atoms with Crippen LogP contribution < -0.4 is 0 Å². The number of aromatic nitrogens is 1. The van der Waals surface area contributed by atoms with E-state index in [4.69, 9.17) is 4.74 Å². The third-order valence-electron chi connectivity index (χ3n) is 8.14. The number of esters is 1. The van der Waals surface area contributed by atoms with Crippen LogP contribution in [-0.2, 0) is 14.3 Å². The number of hydrogen-bond acceptors (Lipinski definition) is 5. The second-order valence-corrected chi connectivity index (χ2v) is 12.2. The van der Waals surface area contributed by atoms with Gasteiger partial charge in [0.1, 0.15) is 11.9 Å². The summed E-state index contributed by atoms with van der Waals surface area (Å²) in [4.78, 5) is 31.1. The van der Waals surface area contributed by atoms with E-state index in [2.05, 4.69) is 38.8 Å². The van der Waals surface area contributed by atoms with Gasteiger partial charge in [0.05, 0.1) is 10.7 Å². The first-order valence-electron chi connectivity index (χ1n) is 12.8. The fourth-order valence-electron chi connectivity index (χ4n) is 4.75. The Kier molecular flexibility index (Phi) is 10.3. The molecule has 190 valence electrons. The minimum atomic E-state index is -0.585. The topological polar surface area (TPSA) is 56.3 Å². The summed E-state index contributed by atoms with van der Waals surface area (Å²) in [5.74, 6) is 0.667. The SMILES string of the molecule is C/C1=C/C[C@@H](/C(C)=C/c2csc(C)n2)OC(=O)CC(C)C(C)(C)C(=O)[C@H](C)[C@@H](C)[C@@H](C)CCC1. The largest absolute Gasteiger partial charge is 0.457 e. The zero-order valence-corrected chi connectivity index (χ0v) is 23.6. The Morgan fingerprint density at radius 3 is 2.47 bits per heavy atom. The summed E-state index contributed by atoms with van der Waals surface area (Å²) < 4.78 is 6.02. The second kappa shape index (κ2) is 12.3. The summed E-state index contributed by atoms with van der Waals surface area (Å²) in [5, 5.41) is 3.04. The third kappa shape index (κ3) is 7.63. The van der Waals surface area contributed by atoms with Crippen molar-refractivity contribution in [1.29, 1.82) is 0 Å². The van der Waals surface area contributed by atoms with E-state index in [1.54, 1.807) is 11.3 Å². The first kappa shape index (κ1) is 28.5. The fraction of sp³-hybridized carbons (Fsp3) is 0.690. The number of carbonyl (C=O) groups is 2. The van der Waals surface area contributed by atoms with Gasteiger partial charge in [0.2, 0.25) is 0 Å². The zero-order chi connectivity index (χ0) is 25.6. The Bertz CT molecular complexity index is 910. The van der Waals surface area contributed by atoms with Crippen molar-refractivity contribution in [2.24, 2.45) is 29.1 Å². The van der Waals surface area contributed by atoms with Crippen LogP contribution in [0.25, 0.3) is 6.08 Å². The second-order valence-electron chi connectivity index (χ2n) is 11.2. The Labute approximate surface area is 211 Å². The number of hydrogen-bond donors (Lipinski definition) is 0. The number of nitrogens with zero attached hydrogens (tertiary/aromatic N) is 1. The van der Waals surface area contributed by atoms with Crippen molar-refractivity contribution in [1.82, 2.24) is 4.98 Å². The minimum absolute atomic E-state index is 0.0347. The lowest BCUT2D eigenvalue weighted by molar-refractivity contribution is -0.150. The van der Waals surface area contributed by atoms with Crippen LogP contribution >= 0.6 is 11.3 Å². The summed E-state index contributed by atoms with van der Waals surface area (Å²) in [6.07, 6.45) is 8.04. The number of ketones is 1. The van der Waals surface area contributed by atoms with Gasteiger partial charge in [-0.25, -0.2) is 4.98 Å². The van der Waals surface area contributed by atoms with E-state index in [1.807, 2.05) is 46.1 Å². The van der Waals surface area contributed by atoms with Crippen molar-refractivity contribution in [3.8, 4) is 0 Å². The van der Waals surface area contributed by atoms with E-state index in [0.29, 0.717) is 18.3 Å². The van der Waals surface area contributed by atoms with Gasteiger partial charge in [0.25, 0.3) is 0 Å². The predicted octanol–water partition coefficient (Wildman–Crippen LogP) is 7.82. The lowest BCUT2D eigenvalue weighted by Gasteiger charge is -2.36. The Morgan fingerprint density at radius 2 is 1.85 bits per heavy atom. The van der Waals surface area contributed by atoms with Crippen LogP contribution in [0.5, 0.6) is 0 Å². The molecule has 5 atom stereocenters. The number of aryl methyl sites for hydroxylation is 1. The number of Topliss-reactive ketones (excluding diaryl/α,β-unsaturated/α-hetero) is 1. The molecule has 1 aromatic rings. The number of rotatable bonds is 2. The molecule has 0 aromatic carbocycles. The molecule has 4 nitrogen and oxygen atoms in total. The molecule has 1 unspecified atom stereocenters. The number of carbonyl (C=O) groups excluding carboxylic acids is 2. The average molecular weight is 488 g/mol. The van der Waals surface area contributed by atoms with Crippen molar-refractivity contribution in [3.05, 3.63) is 33.3 Å². The number of ether oxygens (including phenoxy) is 1. The molecule has 2 heterocycles. The molecule has 0 radical (unpaired) electrons. The van der Waals surface area contributed by atoms with E-state index >= 15 is 0 Å². The van der Waals surface area contributed by atoms with E-state index in [1.165, 1.54) is 5.57 Å². The Morgan fingerprint density at radius 1 is 1.18 bits per heavy atom. The van der Waals surface area contributed by atoms with Gasteiger partial charge in [-0.2, -0.15) is 0 Å². The van der Waals surface area contributed by atoms with E-state index in [0.717, 1.165) is 35.5 Å². The summed E-state index contributed by atoms with van der Waals surface area (Å²) in [5.41, 5.74) is 2.63. The summed E-state index contributed by atoms with van der Waals surface area (Å²) in [6, 6.07) is 0. The van der Waals surface area contributed by atoms with Crippen molar-refractivity contribution in [2.45, 2.75) is 101 Å². The molecule has 5 heteroatoms. The summed E-state index contributed by atoms with van der Waals surface area (Å²) in [6.45, 7) is 18.7. The molecule has 0 saturated heterocycles. The quantitative estimate of drug-likeness (QED) is 0.315. The van der Waals surface area contributed by atoms with E-state index in [9.17, 15) is 9.59 Å². The molecule has 0 aliphatic carbocycles. The van der Waals surface area contributed by atoms with Crippen molar-refractivity contribution in [2.75, 3.05) is 0 Å². The minimum Gasteiger partial charge on any atom is -0.457 e. The molecule has 0 N–H and O–H groups in total. The van der Waals surface area contributed by atoms with Gasteiger partial charge in [-0.1, -0.05) is 59.6 Å². The first-order chi connectivity index (χ1) is 15.8. The maximum Gasteiger partial charge on any atom is 0.306 e. The molecule has 2 rings (SSSR count). The molecule has 0 saturated carbocycles. The Hall–Kier alpha value is -1.75. The molecule has 0 spiro atoms. The molecule has 0 bridgehead atoms. The maximum absolute atomic E-state index is 13.5. The van der Waals surface area contributed by atoms with Gasteiger partial charge >= 0.3 is 5.97 Å². The zero-order valence-electron chi connectivity index (χ0n) is 22.7. The smallest absolute Gasteiger partial charge is 0.306 e. The molecular weight excluding hydrogens is 442 g/mol. The van der Waals surface area contributed by atoms with Crippen molar-refractivity contribution in [3.63, 3.8) is 0 Å². The highest BCUT2D eigenvalue weighted by molar-refractivity contribution is 7.09. The van der Waals surface area contributed by atoms with Gasteiger partial charge in [-0.3, -0.25) is 9.59 Å². The van der Waals surface area contributed by atoms with Crippen LogP contribution in [0, 0.1) is 36.0 Å². The summed E-state index contributed by atoms with van der Waals surface area (Å²) >= 11 is 1.61. The van der Waals surface area contributed by atoms with E-state index in [-0.39, 0.29) is 36.1 Å². The normalized spacial score (nSPS) is 32.1. The fourth-order valence-corrected chi connectivity index (χ4v) is 5.32. The molecule has 1 aromatic heterocycles. The van der Waals surface area contributed by atoms with Gasteiger partial charge < -0.3 is 4.74 Å². The predicted molar refractivity (Wildman–Crippen MR) is 143 cm³/mol. The van der Waals surface area contributed by atoms with Crippen LogP contribution in [-0.4, -0.2) is 22.8 Å². The number of cyclic esters (lactones) is 1. The van der Waals surface area contributed by atoms with Gasteiger partial charge in [0.15, 0.2) is 0 Å². The number of allylic oxidation sites excluding steroid dienone is 1. The van der Waals surface area contributed by atoms with Crippen LogP contribution in [0.2, 0.25) is 0 Å².